The summed E-state index contributed by atoms with van der Waals surface area (Å²) in [6.45, 7) is 3.83. The molecule has 0 fully saturated rings. The van der Waals surface area contributed by atoms with Crippen molar-refractivity contribution >= 4 is 20.9 Å². The number of hydrogen-bond donors (Lipinski definition) is 1. The van der Waals surface area contributed by atoms with Gasteiger partial charge in [-0.15, -0.1) is 0 Å². The molecular formula is C19H20N2O2S. The molecule has 1 aromatic heterocycles. The van der Waals surface area contributed by atoms with Gasteiger partial charge in [0.1, 0.15) is 0 Å². The first-order valence-corrected chi connectivity index (χ1v) is 9.66. The van der Waals surface area contributed by atoms with Gasteiger partial charge in [0, 0.05) is 11.6 Å². The quantitative estimate of drug-likeness (QED) is 0.780. The molecule has 3 aromatic rings. The van der Waals surface area contributed by atoms with Crippen LogP contribution in [0, 0.1) is 6.92 Å². The normalized spacial score (nSPS) is 15.2. The molecule has 4 nitrogen and oxygen atoms in total. The maximum absolute atomic E-state index is 13.1. The van der Waals surface area contributed by atoms with Crippen LogP contribution in [-0.4, -0.2) is 25.5 Å². The van der Waals surface area contributed by atoms with Crippen molar-refractivity contribution in [3.05, 3.63) is 65.4 Å². The van der Waals surface area contributed by atoms with Gasteiger partial charge >= 0.3 is 0 Å². The van der Waals surface area contributed by atoms with E-state index in [1.54, 1.807) is 12.3 Å². The van der Waals surface area contributed by atoms with Crippen LogP contribution in [0.2, 0.25) is 0 Å². The van der Waals surface area contributed by atoms with Crippen molar-refractivity contribution in [2.45, 2.75) is 24.7 Å². The van der Waals surface area contributed by atoms with Gasteiger partial charge in [0.15, 0.2) is 0 Å². The first-order valence-electron chi connectivity index (χ1n) is 8.22. The van der Waals surface area contributed by atoms with Crippen LogP contribution in [-0.2, 0) is 22.9 Å². The van der Waals surface area contributed by atoms with Crippen LogP contribution >= 0.6 is 0 Å². The number of hydrogen-bond acceptors (Lipinski definition) is 3. The Morgan fingerprint density at radius 2 is 1.79 bits per heavy atom. The Balaban J connectivity index is 1.85. The summed E-state index contributed by atoms with van der Waals surface area (Å²) in [7, 11) is -3.59. The zero-order valence-corrected chi connectivity index (χ0v) is 14.4. The molecule has 0 unspecified atom stereocenters. The fourth-order valence-corrected chi connectivity index (χ4v) is 4.83. The predicted octanol–water partition coefficient (Wildman–Crippen LogP) is 2.87. The van der Waals surface area contributed by atoms with Gasteiger partial charge in [-0.25, -0.2) is 12.4 Å². The monoisotopic (exact) mass is 340 g/mol. The van der Waals surface area contributed by atoms with Crippen molar-refractivity contribution in [2.24, 2.45) is 0 Å². The fraction of sp³-hybridized carbons (Fsp3) is 0.263. The topological polar surface area (TPSA) is 51.1 Å². The summed E-state index contributed by atoms with van der Waals surface area (Å²) in [6.07, 6.45) is 3.46. The average Bonchev–Trinajstić information content (AvgIpc) is 2.88. The molecule has 0 bridgehead atoms. The lowest BCUT2D eigenvalue weighted by Gasteiger charge is -2.11. The Bertz CT molecular complexity index is 1020. The average molecular weight is 340 g/mol. The third-order valence-corrected chi connectivity index (χ3v) is 6.48. The number of aromatic nitrogens is 1. The zero-order chi connectivity index (χ0) is 16.7. The van der Waals surface area contributed by atoms with E-state index in [9.17, 15) is 8.42 Å². The summed E-state index contributed by atoms with van der Waals surface area (Å²) in [5.74, 6) is 0. The van der Waals surface area contributed by atoms with Gasteiger partial charge in [-0.3, -0.25) is 0 Å². The number of nitrogens with zero attached hydrogens (tertiary/aromatic N) is 1. The molecule has 2 heterocycles. The van der Waals surface area contributed by atoms with E-state index in [0.717, 1.165) is 48.0 Å². The van der Waals surface area contributed by atoms with E-state index >= 15 is 0 Å². The van der Waals surface area contributed by atoms with Crippen LogP contribution in [0.1, 0.15) is 16.7 Å². The number of fused-ring (bicyclic) bond motifs is 2. The predicted molar refractivity (Wildman–Crippen MR) is 96.0 cm³/mol. The summed E-state index contributed by atoms with van der Waals surface area (Å²) in [5, 5.41) is 4.33. The van der Waals surface area contributed by atoms with E-state index in [1.165, 1.54) is 9.54 Å². The first kappa shape index (κ1) is 15.4. The van der Waals surface area contributed by atoms with Crippen LogP contribution in [0.25, 0.3) is 10.9 Å². The molecule has 0 saturated heterocycles. The molecule has 1 N–H and O–H groups in total. The Kier molecular flexibility index (Phi) is 3.70. The number of nitrogens with one attached hydrogen (secondary N) is 1. The van der Waals surface area contributed by atoms with Crippen LogP contribution in [0.3, 0.4) is 0 Å². The minimum atomic E-state index is -3.59. The Hall–Kier alpha value is -2.11. The van der Waals surface area contributed by atoms with Crippen molar-refractivity contribution in [2.75, 3.05) is 13.1 Å². The summed E-state index contributed by atoms with van der Waals surface area (Å²) in [4.78, 5) is 0.363. The van der Waals surface area contributed by atoms with E-state index in [4.69, 9.17) is 0 Å². The molecule has 1 aliphatic rings. The number of aryl methyl sites for hydroxylation is 1. The second kappa shape index (κ2) is 5.76. The molecule has 0 saturated carbocycles. The Morgan fingerprint density at radius 1 is 1.00 bits per heavy atom. The molecule has 4 rings (SSSR count). The lowest BCUT2D eigenvalue weighted by Crippen LogP contribution is -2.16. The fourth-order valence-electron chi connectivity index (χ4n) is 3.43. The minimum Gasteiger partial charge on any atom is -0.316 e. The Morgan fingerprint density at radius 3 is 2.62 bits per heavy atom. The van der Waals surface area contributed by atoms with Crippen LogP contribution in [0.4, 0.5) is 0 Å². The SMILES string of the molecule is Cc1cccc2c1ccn2S(=O)(=O)c1ccc2c(c1)CCNCC2. The molecule has 5 heteroatoms. The second-order valence-electron chi connectivity index (χ2n) is 6.30. The largest absolute Gasteiger partial charge is 0.316 e. The van der Waals surface area contributed by atoms with Crippen molar-refractivity contribution in [3.63, 3.8) is 0 Å². The summed E-state index contributed by atoms with van der Waals surface area (Å²) in [6, 6.07) is 13.2. The number of rotatable bonds is 2. The maximum atomic E-state index is 13.1. The van der Waals surface area contributed by atoms with Crippen molar-refractivity contribution < 1.29 is 8.42 Å². The highest BCUT2D eigenvalue weighted by molar-refractivity contribution is 7.90. The minimum absolute atomic E-state index is 0.363. The highest BCUT2D eigenvalue weighted by Crippen LogP contribution is 2.26. The molecule has 0 radical (unpaired) electrons. The van der Waals surface area contributed by atoms with E-state index < -0.39 is 10.0 Å². The standard InChI is InChI=1S/C19H20N2O2S/c1-14-3-2-4-19-18(14)9-12-21(19)24(22,23)17-6-5-15-7-10-20-11-8-16(15)13-17/h2-6,9,12-13,20H,7-8,10-11H2,1H3. The molecule has 1 aliphatic heterocycles. The van der Waals surface area contributed by atoms with Crippen molar-refractivity contribution in [3.8, 4) is 0 Å². The maximum Gasteiger partial charge on any atom is 0.268 e. The molecule has 0 aliphatic carbocycles. The summed E-state index contributed by atoms with van der Waals surface area (Å²) in [5.41, 5.74) is 4.18. The van der Waals surface area contributed by atoms with Crippen molar-refractivity contribution in [1.29, 1.82) is 0 Å². The Labute approximate surface area is 142 Å². The van der Waals surface area contributed by atoms with Gasteiger partial charge in [-0.2, -0.15) is 0 Å². The molecule has 0 amide bonds. The summed E-state index contributed by atoms with van der Waals surface area (Å²) < 4.78 is 27.7. The first-order chi connectivity index (χ1) is 11.6. The smallest absolute Gasteiger partial charge is 0.268 e. The van der Waals surface area contributed by atoms with Gasteiger partial charge in [0.2, 0.25) is 0 Å². The van der Waals surface area contributed by atoms with E-state index in [1.807, 2.05) is 43.3 Å². The summed E-state index contributed by atoms with van der Waals surface area (Å²) >= 11 is 0. The lowest BCUT2D eigenvalue weighted by atomic mass is 10.0. The highest BCUT2D eigenvalue weighted by atomic mass is 32.2. The molecule has 124 valence electrons. The van der Waals surface area contributed by atoms with E-state index in [-0.39, 0.29) is 0 Å². The molecule has 0 spiro atoms. The number of benzene rings is 2. The molecule has 0 atom stereocenters. The van der Waals surface area contributed by atoms with Gasteiger partial charge < -0.3 is 5.32 Å². The third kappa shape index (κ3) is 2.44. The molecule has 2 aromatic carbocycles. The van der Waals surface area contributed by atoms with Crippen LogP contribution in [0.15, 0.2) is 53.6 Å². The zero-order valence-electron chi connectivity index (χ0n) is 13.6. The van der Waals surface area contributed by atoms with Crippen molar-refractivity contribution in [1.82, 2.24) is 9.29 Å². The second-order valence-corrected chi connectivity index (χ2v) is 8.12. The van der Waals surface area contributed by atoms with Gasteiger partial charge in [0.25, 0.3) is 10.0 Å². The van der Waals surface area contributed by atoms with Gasteiger partial charge in [0.05, 0.1) is 10.4 Å². The molecular weight excluding hydrogens is 320 g/mol. The van der Waals surface area contributed by atoms with Gasteiger partial charge in [-0.1, -0.05) is 18.2 Å². The molecule has 24 heavy (non-hydrogen) atoms. The van der Waals surface area contributed by atoms with Gasteiger partial charge in [-0.05, 0) is 73.8 Å². The highest BCUT2D eigenvalue weighted by Gasteiger charge is 2.21. The third-order valence-electron chi connectivity index (χ3n) is 4.79. The van der Waals surface area contributed by atoms with E-state index in [0.29, 0.717) is 4.90 Å². The van der Waals surface area contributed by atoms with E-state index in [2.05, 4.69) is 5.32 Å². The lowest BCUT2D eigenvalue weighted by molar-refractivity contribution is 0.589. The van der Waals surface area contributed by atoms with Crippen LogP contribution in [0.5, 0.6) is 0 Å². The van der Waals surface area contributed by atoms with Crippen LogP contribution < -0.4 is 5.32 Å².